The average molecular weight is 272 g/mol. The third-order valence-corrected chi connectivity index (χ3v) is 2.65. The van der Waals surface area contributed by atoms with Crippen molar-refractivity contribution >= 4 is 11.8 Å². The lowest BCUT2D eigenvalue weighted by Gasteiger charge is -2.09. The first kappa shape index (κ1) is 14.0. The van der Waals surface area contributed by atoms with Crippen LogP contribution in [0.2, 0.25) is 0 Å². The van der Waals surface area contributed by atoms with Crippen LogP contribution in [0.4, 0.5) is 16.2 Å². The molecule has 0 unspecified atom stereocenters. The van der Waals surface area contributed by atoms with Crippen molar-refractivity contribution in [3.8, 4) is 0 Å². The van der Waals surface area contributed by atoms with Gasteiger partial charge in [-0.25, -0.2) is 9.37 Å². The number of aryl methyl sites for hydroxylation is 1. The van der Waals surface area contributed by atoms with Crippen LogP contribution in [-0.2, 0) is 6.54 Å². The number of rotatable bonds is 6. The van der Waals surface area contributed by atoms with E-state index in [1.807, 2.05) is 13.0 Å². The minimum Gasteiger partial charge on any atom is -0.366 e. The molecule has 0 atom stereocenters. The molecule has 0 saturated heterocycles. The van der Waals surface area contributed by atoms with Gasteiger partial charge in [-0.15, -0.1) is 6.58 Å². The van der Waals surface area contributed by atoms with Crippen molar-refractivity contribution in [2.45, 2.75) is 13.5 Å². The van der Waals surface area contributed by atoms with Crippen molar-refractivity contribution in [2.75, 3.05) is 17.2 Å². The molecule has 1 aromatic carbocycles. The molecule has 0 radical (unpaired) electrons. The van der Waals surface area contributed by atoms with Crippen LogP contribution >= 0.6 is 0 Å². The summed E-state index contributed by atoms with van der Waals surface area (Å²) in [7, 11) is 0. The zero-order chi connectivity index (χ0) is 14.4. The maximum absolute atomic E-state index is 12.8. The first-order chi connectivity index (χ1) is 9.67. The minimum absolute atomic E-state index is 0.239. The number of halogens is 1. The molecule has 0 aliphatic heterocycles. The molecule has 2 rings (SSSR count). The predicted octanol–water partition coefficient (Wildman–Crippen LogP) is 3.13. The lowest BCUT2D eigenvalue weighted by atomic mass is 10.2. The second-order valence-corrected chi connectivity index (χ2v) is 4.37. The molecule has 1 heterocycles. The maximum atomic E-state index is 12.8. The van der Waals surface area contributed by atoms with Crippen LogP contribution in [0.15, 0.2) is 43.0 Å². The van der Waals surface area contributed by atoms with Gasteiger partial charge in [0.15, 0.2) is 0 Å². The normalized spacial score (nSPS) is 10.1. The van der Waals surface area contributed by atoms with Gasteiger partial charge in [0.05, 0.1) is 0 Å². The van der Waals surface area contributed by atoms with Gasteiger partial charge in [0.1, 0.15) is 11.6 Å². The van der Waals surface area contributed by atoms with Crippen LogP contribution < -0.4 is 10.6 Å². The van der Waals surface area contributed by atoms with Gasteiger partial charge >= 0.3 is 0 Å². The van der Waals surface area contributed by atoms with E-state index in [1.165, 1.54) is 12.1 Å². The van der Waals surface area contributed by atoms with E-state index in [0.717, 1.165) is 17.1 Å². The Morgan fingerprint density at radius 3 is 2.65 bits per heavy atom. The highest BCUT2D eigenvalue weighted by molar-refractivity contribution is 5.42. The van der Waals surface area contributed by atoms with Crippen LogP contribution in [0, 0.1) is 12.7 Å². The summed E-state index contributed by atoms with van der Waals surface area (Å²) in [6.45, 7) is 6.75. The molecule has 0 amide bonds. The molecule has 1 aromatic heterocycles. The maximum Gasteiger partial charge on any atom is 0.225 e. The van der Waals surface area contributed by atoms with E-state index in [0.29, 0.717) is 19.0 Å². The SMILES string of the molecule is C=CCNc1cc(C)nc(NCc2ccc(F)cc2)n1. The van der Waals surface area contributed by atoms with Gasteiger partial charge in [-0.3, -0.25) is 0 Å². The Labute approximate surface area is 117 Å². The van der Waals surface area contributed by atoms with Crippen molar-refractivity contribution < 1.29 is 4.39 Å². The highest BCUT2D eigenvalue weighted by atomic mass is 19.1. The number of nitrogens with one attached hydrogen (secondary N) is 2. The number of hydrogen-bond acceptors (Lipinski definition) is 4. The fourth-order valence-corrected chi connectivity index (χ4v) is 1.70. The van der Waals surface area contributed by atoms with Gasteiger partial charge in [0.2, 0.25) is 5.95 Å². The smallest absolute Gasteiger partial charge is 0.225 e. The zero-order valence-corrected chi connectivity index (χ0v) is 11.4. The highest BCUT2D eigenvalue weighted by Gasteiger charge is 2.02. The molecule has 4 nitrogen and oxygen atoms in total. The largest absolute Gasteiger partial charge is 0.366 e. The van der Waals surface area contributed by atoms with Crippen molar-refractivity contribution in [1.82, 2.24) is 9.97 Å². The Kier molecular flexibility index (Phi) is 4.65. The molecule has 0 bridgehead atoms. The van der Waals surface area contributed by atoms with E-state index in [-0.39, 0.29) is 5.82 Å². The van der Waals surface area contributed by atoms with Gasteiger partial charge in [0, 0.05) is 24.8 Å². The summed E-state index contributed by atoms with van der Waals surface area (Å²) in [5, 5.41) is 6.25. The summed E-state index contributed by atoms with van der Waals surface area (Å²) in [6.07, 6.45) is 1.77. The third kappa shape index (κ3) is 4.05. The summed E-state index contributed by atoms with van der Waals surface area (Å²) in [5.41, 5.74) is 1.84. The molecule has 0 aliphatic carbocycles. The monoisotopic (exact) mass is 272 g/mol. The molecule has 0 spiro atoms. The second kappa shape index (κ2) is 6.65. The molecule has 0 saturated carbocycles. The fraction of sp³-hybridized carbons (Fsp3) is 0.200. The number of hydrogen-bond donors (Lipinski definition) is 2. The lowest BCUT2D eigenvalue weighted by molar-refractivity contribution is 0.627. The van der Waals surface area contributed by atoms with Crippen LogP contribution in [0.3, 0.4) is 0 Å². The van der Waals surface area contributed by atoms with Gasteiger partial charge in [-0.1, -0.05) is 18.2 Å². The second-order valence-electron chi connectivity index (χ2n) is 4.37. The van der Waals surface area contributed by atoms with E-state index in [1.54, 1.807) is 18.2 Å². The molecular weight excluding hydrogens is 255 g/mol. The summed E-state index contributed by atoms with van der Waals surface area (Å²) in [5.74, 6) is 1.05. The van der Waals surface area contributed by atoms with Crippen molar-refractivity contribution in [1.29, 1.82) is 0 Å². The first-order valence-electron chi connectivity index (χ1n) is 6.36. The summed E-state index contributed by atoms with van der Waals surface area (Å²) in [4.78, 5) is 8.66. The van der Waals surface area contributed by atoms with E-state index in [4.69, 9.17) is 0 Å². The predicted molar refractivity (Wildman–Crippen MR) is 79.2 cm³/mol. The Bertz CT molecular complexity index is 581. The fourth-order valence-electron chi connectivity index (χ4n) is 1.70. The molecule has 2 aromatic rings. The molecule has 20 heavy (non-hydrogen) atoms. The molecule has 5 heteroatoms. The Morgan fingerprint density at radius 1 is 1.20 bits per heavy atom. The van der Waals surface area contributed by atoms with Gasteiger partial charge in [0.25, 0.3) is 0 Å². The number of benzene rings is 1. The summed E-state index contributed by atoms with van der Waals surface area (Å²) >= 11 is 0. The standard InChI is InChI=1S/C15H17FN4/c1-3-8-17-14-9-11(2)19-15(20-14)18-10-12-4-6-13(16)7-5-12/h3-7,9H,1,8,10H2,2H3,(H2,17,18,19,20). The average Bonchev–Trinajstić information content (AvgIpc) is 2.44. The quantitative estimate of drug-likeness (QED) is 0.793. The van der Waals surface area contributed by atoms with Crippen molar-refractivity contribution in [3.05, 3.63) is 60.1 Å². The van der Waals surface area contributed by atoms with Crippen molar-refractivity contribution in [2.24, 2.45) is 0 Å². The molecule has 2 N–H and O–H groups in total. The first-order valence-corrected chi connectivity index (χ1v) is 6.36. The Balaban J connectivity index is 2.03. The van der Waals surface area contributed by atoms with Crippen LogP contribution in [0.25, 0.3) is 0 Å². The van der Waals surface area contributed by atoms with Gasteiger partial charge < -0.3 is 10.6 Å². The molecule has 104 valence electrons. The van der Waals surface area contributed by atoms with Gasteiger partial charge in [-0.2, -0.15) is 4.98 Å². The third-order valence-electron chi connectivity index (χ3n) is 2.65. The highest BCUT2D eigenvalue weighted by Crippen LogP contribution is 2.11. The minimum atomic E-state index is -0.239. The zero-order valence-electron chi connectivity index (χ0n) is 11.4. The van der Waals surface area contributed by atoms with E-state index in [9.17, 15) is 4.39 Å². The number of aromatic nitrogens is 2. The topological polar surface area (TPSA) is 49.8 Å². The molecular formula is C15H17FN4. The van der Waals surface area contributed by atoms with E-state index >= 15 is 0 Å². The number of anilines is 2. The molecule has 0 aliphatic rings. The molecule has 0 fully saturated rings. The van der Waals surface area contributed by atoms with E-state index < -0.39 is 0 Å². The van der Waals surface area contributed by atoms with Crippen LogP contribution in [0.5, 0.6) is 0 Å². The summed E-state index contributed by atoms with van der Waals surface area (Å²) < 4.78 is 12.8. The lowest BCUT2D eigenvalue weighted by Crippen LogP contribution is -2.08. The van der Waals surface area contributed by atoms with Crippen molar-refractivity contribution in [3.63, 3.8) is 0 Å². The van der Waals surface area contributed by atoms with E-state index in [2.05, 4.69) is 27.2 Å². The Hall–Kier alpha value is -2.43. The number of nitrogens with zero attached hydrogens (tertiary/aromatic N) is 2. The van der Waals surface area contributed by atoms with Crippen LogP contribution in [0.1, 0.15) is 11.3 Å². The summed E-state index contributed by atoms with van der Waals surface area (Å²) in [6, 6.07) is 8.20. The Morgan fingerprint density at radius 2 is 1.95 bits per heavy atom. The van der Waals surface area contributed by atoms with Crippen LogP contribution in [-0.4, -0.2) is 16.5 Å². The van der Waals surface area contributed by atoms with Gasteiger partial charge in [-0.05, 0) is 24.6 Å².